The molecule has 1 aromatic heterocycles. The lowest BCUT2D eigenvalue weighted by Crippen LogP contribution is -2.12. The molecule has 27 heavy (non-hydrogen) atoms. The van der Waals surface area contributed by atoms with Gasteiger partial charge in [0.1, 0.15) is 17.3 Å². The van der Waals surface area contributed by atoms with Crippen LogP contribution in [0.15, 0.2) is 65.1 Å². The largest absolute Gasteiger partial charge is 0.497 e. The quantitative estimate of drug-likeness (QED) is 0.493. The van der Waals surface area contributed by atoms with Gasteiger partial charge in [-0.1, -0.05) is 18.2 Å². The molecule has 0 saturated heterocycles. The summed E-state index contributed by atoms with van der Waals surface area (Å²) in [6, 6.07) is 16.9. The Morgan fingerprint density at radius 1 is 1.15 bits per heavy atom. The predicted octanol–water partition coefficient (Wildman–Crippen LogP) is 4.43. The number of carbonyl (C=O) groups is 1. The fourth-order valence-electron chi connectivity index (χ4n) is 2.60. The van der Waals surface area contributed by atoms with Crippen LogP contribution >= 0.6 is 0 Å². The number of nitro benzene ring substituents is 1. The van der Waals surface area contributed by atoms with Crippen molar-refractivity contribution in [1.29, 1.82) is 0 Å². The van der Waals surface area contributed by atoms with Crippen LogP contribution < -0.4 is 10.1 Å². The number of carbonyl (C=O) groups excluding carboxylic acids is 1. The van der Waals surface area contributed by atoms with Crippen LogP contribution in [0.1, 0.15) is 12.2 Å². The second kappa shape index (κ2) is 8.18. The number of benzene rings is 2. The van der Waals surface area contributed by atoms with Crippen molar-refractivity contribution < 1.29 is 18.9 Å². The average Bonchev–Trinajstić information content (AvgIpc) is 3.16. The molecule has 0 unspecified atom stereocenters. The second-order valence-electron chi connectivity index (χ2n) is 5.85. The summed E-state index contributed by atoms with van der Waals surface area (Å²) in [4.78, 5) is 22.5. The molecular formula is C20H18N2O5. The summed E-state index contributed by atoms with van der Waals surface area (Å²) in [5, 5.41) is 13.7. The van der Waals surface area contributed by atoms with Crippen LogP contribution in [-0.2, 0) is 11.2 Å². The van der Waals surface area contributed by atoms with E-state index in [1.807, 2.05) is 0 Å². The number of hydrogen-bond acceptors (Lipinski definition) is 5. The second-order valence-corrected chi connectivity index (χ2v) is 5.85. The van der Waals surface area contributed by atoms with Crippen LogP contribution in [0.25, 0.3) is 11.3 Å². The van der Waals surface area contributed by atoms with E-state index in [-0.39, 0.29) is 18.0 Å². The molecule has 3 aromatic rings. The maximum Gasteiger partial charge on any atom is 0.270 e. The van der Waals surface area contributed by atoms with Gasteiger partial charge in [0.15, 0.2) is 0 Å². The van der Waals surface area contributed by atoms with Crippen LogP contribution in [0.5, 0.6) is 5.75 Å². The molecule has 7 heteroatoms. The predicted molar refractivity (Wildman–Crippen MR) is 101 cm³/mol. The average molecular weight is 366 g/mol. The Labute approximate surface area is 155 Å². The van der Waals surface area contributed by atoms with Gasteiger partial charge in [0.25, 0.3) is 5.69 Å². The lowest BCUT2D eigenvalue weighted by molar-refractivity contribution is -0.384. The van der Waals surface area contributed by atoms with E-state index < -0.39 is 4.92 Å². The monoisotopic (exact) mass is 366 g/mol. The van der Waals surface area contributed by atoms with Gasteiger partial charge in [0.2, 0.25) is 5.91 Å². The summed E-state index contributed by atoms with van der Waals surface area (Å²) >= 11 is 0. The highest BCUT2D eigenvalue weighted by Crippen LogP contribution is 2.26. The zero-order valence-corrected chi connectivity index (χ0v) is 14.7. The van der Waals surface area contributed by atoms with Gasteiger partial charge in [-0.3, -0.25) is 14.9 Å². The number of hydrogen-bond donors (Lipinski definition) is 1. The van der Waals surface area contributed by atoms with Gasteiger partial charge in [0.05, 0.1) is 12.0 Å². The highest BCUT2D eigenvalue weighted by Gasteiger charge is 2.11. The number of nitrogens with zero attached hydrogens (tertiary/aromatic N) is 1. The van der Waals surface area contributed by atoms with Gasteiger partial charge < -0.3 is 14.5 Å². The molecule has 1 heterocycles. The number of methoxy groups -OCH3 is 1. The summed E-state index contributed by atoms with van der Waals surface area (Å²) in [6.45, 7) is 0. The smallest absolute Gasteiger partial charge is 0.270 e. The van der Waals surface area contributed by atoms with Crippen molar-refractivity contribution in [2.24, 2.45) is 0 Å². The lowest BCUT2D eigenvalue weighted by Gasteiger charge is -2.06. The Hall–Kier alpha value is -3.61. The van der Waals surface area contributed by atoms with Crippen LogP contribution in [0, 0.1) is 10.1 Å². The van der Waals surface area contributed by atoms with E-state index in [1.54, 1.807) is 55.6 Å². The molecule has 0 bridgehead atoms. The number of nitrogens with one attached hydrogen (secondary N) is 1. The van der Waals surface area contributed by atoms with Crippen LogP contribution in [0.4, 0.5) is 11.4 Å². The normalized spacial score (nSPS) is 10.4. The maximum absolute atomic E-state index is 12.1. The Bertz CT molecular complexity index is 964. The van der Waals surface area contributed by atoms with Crippen molar-refractivity contribution in [1.82, 2.24) is 0 Å². The topological polar surface area (TPSA) is 94.6 Å². The first-order valence-corrected chi connectivity index (χ1v) is 8.32. The van der Waals surface area contributed by atoms with Gasteiger partial charge in [0, 0.05) is 42.3 Å². The molecule has 0 spiro atoms. The van der Waals surface area contributed by atoms with Crippen LogP contribution in [0.3, 0.4) is 0 Å². The number of non-ortho nitro benzene ring substituents is 1. The summed E-state index contributed by atoms with van der Waals surface area (Å²) in [5.41, 5.74) is 1.29. The standard InChI is InChI=1S/C20H18N2O5/c1-26-18-7-3-5-15(13-18)21-20(23)11-9-17-8-10-19(27-17)14-4-2-6-16(12-14)22(24)25/h2-8,10,12-13H,9,11H2,1H3,(H,21,23). The van der Waals surface area contributed by atoms with E-state index in [1.165, 1.54) is 12.1 Å². The number of furan rings is 1. The van der Waals surface area contributed by atoms with E-state index in [4.69, 9.17) is 9.15 Å². The first-order chi connectivity index (χ1) is 13.0. The van der Waals surface area contributed by atoms with Gasteiger partial charge in [-0.25, -0.2) is 0 Å². The fourth-order valence-corrected chi connectivity index (χ4v) is 2.60. The van der Waals surface area contributed by atoms with Crippen molar-refractivity contribution in [2.45, 2.75) is 12.8 Å². The van der Waals surface area contributed by atoms with Crippen molar-refractivity contribution in [2.75, 3.05) is 12.4 Å². The molecular weight excluding hydrogens is 348 g/mol. The van der Waals surface area contributed by atoms with Gasteiger partial charge >= 0.3 is 0 Å². The molecule has 0 fully saturated rings. The van der Waals surface area contributed by atoms with E-state index in [2.05, 4.69) is 5.32 Å². The van der Waals surface area contributed by atoms with Gasteiger partial charge in [-0.05, 0) is 24.3 Å². The number of ether oxygens (including phenoxy) is 1. The molecule has 0 radical (unpaired) electrons. The Morgan fingerprint density at radius 3 is 2.74 bits per heavy atom. The van der Waals surface area contributed by atoms with Crippen molar-refractivity contribution in [3.05, 3.63) is 76.5 Å². The third-order valence-corrected chi connectivity index (χ3v) is 3.96. The molecule has 1 amide bonds. The Morgan fingerprint density at radius 2 is 1.96 bits per heavy atom. The number of aryl methyl sites for hydroxylation is 1. The molecule has 0 aliphatic carbocycles. The van der Waals surface area contributed by atoms with E-state index in [0.29, 0.717) is 34.9 Å². The summed E-state index contributed by atoms with van der Waals surface area (Å²) in [7, 11) is 1.57. The highest BCUT2D eigenvalue weighted by atomic mass is 16.6. The zero-order valence-electron chi connectivity index (χ0n) is 14.7. The van der Waals surface area contributed by atoms with E-state index >= 15 is 0 Å². The van der Waals surface area contributed by atoms with Crippen molar-refractivity contribution in [3.8, 4) is 17.1 Å². The Kier molecular flexibility index (Phi) is 5.51. The molecule has 0 aliphatic heterocycles. The van der Waals surface area contributed by atoms with Gasteiger partial charge in [-0.2, -0.15) is 0 Å². The van der Waals surface area contributed by atoms with E-state index in [9.17, 15) is 14.9 Å². The van der Waals surface area contributed by atoms with Crippen LogP contribution in [0.2, 0.25) is 0 Å². The Balaban J connectivity index is 1.60. The molecule has 0 atom stereocenters. The molecule has 1 N–H and O–H groups in total. The third-order valence-electron chi connectivity index (χ3n) is 3.96. The molecule has 2 aromatic carbocycles. The summed E-state index contributed by atoms with van der Waals surface area (Å²) in [5.74, 6) is 1.69. The molecule has 3 rings (SSSR count). The minimum Gasteiger partial charge on any atom is -0.497 e. The number of rotatable bonds is 7. The summed E-state index contributed by atoms with van der Waals surface area (Å²) < 4.78 is 10.8. The minimum absolute atomic E-state index is 0.00289. The molecule has 0 aliphatic rings. The number of nitro groups is 1. The lowest BCUT2D eigenvalue weighted by atomic mass is 10.1. The van der Waals surface area contributed by atoms with Crippen molar-refractivity contribution >= 4 is 17.3 Å². The number of anilines is 1. The van der Waals surface area contributed by atoms with Gasteiger partial charge in [-0.15, -0.1) is 0 Å². The molecule has 7 nitrogen and oxygen atoms in total. The maximum atomic E-state index is 12.1. The van der Waals surface area contributed by atoms with E-state index in [0.717, 1.165) is 0 Å². The fraction of sp³-hybridized carbons (Fsp3) is 0.150. The third kappa shape index (κ3) is 4.72. The summed E-state index contributed by atoms with van der Waals surface area (Å²) in [6.07, 6.45) is 0.670. The van der Waals surface area contributed by atoms with Crippen LogP contribution in [-0.4, -0.2) is 17.9 Å². The molecule has 138 valence electrons. The first kappa shape index (κ1) is 18.2. The van der Waals surface area contributed by atoms with Crippen molar-refractivity contribution in [3.63, 3.8) is 0 Å². The SMILES string of the molecule is COc1cccc(NC(=O)CCc2ccc(-c3cccc([N+](=O)[O-])c3)o2)c1. The zero-order chi connectivity index (χ0) is 19.2. The first-order valence-electron chi connectivity index (χ1n) is 8.32. The molecule has 0 saturated carbocycles. The highest BCUT2D eigenvalue weighted by molar-refractivity contribution is 5.91. The number of amides is 1. The minimum atomic E-state index is -0.448.